The van der Waals surface area contributed by atoms with Gasteiger partial charge in [0, 0.05) is 18.2 Å². The molecule has 0 saturated carbocycles. The number of hydrogen-bond acceptors (Lipinski definition) is 6. The number of benzene rings is 1. The zero-order chi connectivity index (χ0) is 18.4. The first-order valence-electron chi connectivity index (χ1n) is 7.74. The second-order valence-corrected chi connectivity index (χ2v) is 5.04. The second kappa shape index (κ2) is 8.09. The number of nitrogens with zero attached hydrogens (tertiary/aromatic N) is 1. The monoisotopic (exact) mass is 347 g/mol. The van der Waals surface area contributed by atoms with Crippen molar-refractivity contribution in [2.75, 3.05) is 13.2 Å². The number of aryl methyl sites for hydroxylation is 1. The predicted molar refractivity (Wildman–Crippen MR) is 86.8 cm³/mol. The maximum Gasteiger partial charge on any atom is 0.435 e. The Labute approximate surface area is 143 Å². The van der Waals surface area contributed by atoms with Crippen molar-refractivity contribution >= 4 is 18.0 Å². The molecule has 1 aromatic carbocycles. The lowest BCUT2D eigenvalue weighted by Crippen LogP contribution is -2.37. The first-order valence-corrected chi connectivity index (χ1v) is 7.74. The van der Waals surface area contributed by atoms with Crippen molar-refractivity contribution in [2.24, 2.45) is 0 Å². The van der Waals surface area contributed by atoms with Gasteiger partial charge in [0.25, 0.3) is 0 Å². The van der Waals surface area contributed by atoms with Crippen LogP contribution in [-0.2, 0) is 19.1 Å². The summed E-state index contributed by atoms with van der Waals surface area (Å²) in [7, 11) is 0. The molecule has 0 unspecified atom stereocenters. The highest BCUT2D eigenvalue weighted by atomic mass is 16.6. The van der Waals surface area contributed by atoms with Gasteiger partial charge in [0.1, 0.15) is 0 Å². The highest BCUT2D eigenvalue weighted by molar-refractivity contribution is 6.17. The van der Waals surface area contributed by atoms with Crippen LogP contribution in [-0.4, -0.2) is 30.4 Å². The van der Waals surface area contributed by atoms with E-state index in [9.17, 15) is 14.4 Å². The minimum atomic E-state index is -0.878. The van der Waals surface area contributed by atoms with Crippen molar-refractivity contribution in [2.45, 2.75) is 20.8 Å². The number of hydrogen-bond donors (Lipinski definition) is 1. The van der Waals surface area contributed by atoms with Crippen molar-refractivity contribution in [3.05, 3.63) is 51.5 Å². The van der Waals surface area contributed by atoms with Gasteiger partial charge in [0.15, 0.2) is 5.57 Å². The summed E-state index contributed by atoms with van der Waals surface area (Å²) in [6, 6.07) is 7.20. The molecule has 1 heterocycles. The molecule has 8 nitrogen and oxygen atoms in total. The maximum absolute atomic E-state index is 12.0. The summed E-state index contributed by atoms with van der Waals surface area (Å²) in [6.45, 7) is 5.30. The van der Waals surface area contributed by atoms with E-state index < -0.39 is 23.1 Å². The van der Waals surface area contributed by atoms with Crippen molar-refractivity contribution in [1.82, 2.24) is 5.27 Å². The van der Waals surface area contributed by atoms with E-state index in [-0.39, 0.29) is 18.9 Å². The van der Waals surface area contributed by atoms with Gasteiger partial charge in [-0.05, 0) is 30.7 Å². The van der Waals surface area contributed by atoms with Crippen LogP contribution in [0.3, 0.4) is 0 Å². The van der Waals surface area contributed by atoms with Gasteiger partial charge in [-0.3, -0.25) is 4.52 Å². The third-order valence-electron chi connectivity index (χ3n) is 3.24. The molecule has 2 rings (SSSR count). The van der Waals surface area contributed by atoms with E-state index in [2.05, 4.69) is 5.27 Å². The van der Waals surface area contributed by atoms with E-state index in [1.54, 1.807) is 26.0 Å². The summed E-state index contributed by atoms with van der Waals surface area (Å²) < 4.78 is 15.8. The predicted octanol–water partition coefficient (Wildman–Crippen LogP) is 1.06. The standard InChI is InChI=1S/C17H18N2O6/c1-4-23-15(20)13(16(21)24-5-2)10-14-17(22)25-18-19(14)12-8-6-11(3)7-9-12/h6-10H,4-5H2,1-3H3/p+1. The Kier molecular flexibility index (Phi) is 5.89. The Morgan fingerprint density at radius 3 is 2.20 bits per heavy atom. The number of aromatic amines is 1. The minimum Gasteiger partial charge on any atom is -0.462 e. The number of carbonyl (C=O) groups is 2. The Morgan fingerprint density at radius 1 is 1.12 bits per heavy atom. The number of carbonyl (C=O) groups excluding carboxylic acids is 2. The molecule has 1 aromatic heterocycles. The molecular weight excluding hydrogens is 328 g/mol. The van der Waals surface area contributed by atoms with Crippen LogP contribution in [0.1, 0.15) is 25.1 Å². The van der Waals surface area contributed by atoms with E-state index in [0.717, 1.165) is 11.6 Å². The summed E-state index contributed by atoms with van der Waals surface area (Å²) in [5, 5.41) is 2.44. The normalized spacial score (nSPS) is 10.2. The molecule has 0 aliphatic heterocycles. The van der Waals surface area contributed by atoms with Gasteiger partial charge >= 0.3 is 23.3 Å². The Morgan fingerprint density at radius 2 is 1.68 bits per heavy atom. The van der Waals surface area contributed by atoms with E-state index in [0.29, 0.717) is 5.69 Å². The third kappa shape index (κ3) is 4.23. The molecule has 1 N–H and O–H groups in total. The molecule has 0 amide bonds. The lowest BCUT2D eigenvalue weighted by molar-refractivity contribution is -0.672. The van der Waals surface area contributed by atoms with Gasteiger partial charge in [-0.15, -0.1) is 0 Å². The Hall–Kier alpha value is -3.16. The van der Waals surface area contributed by atoms with Gasteiger partial charge < -0.3 is 9.47 Å². The zero-order valence-electron chi connectivity index (χ0n) is 14.2. The number of H-pyrrole nitrogens is 1. The number of aromatic nitrogens is 2. The molecule has 0 aliphatic carbocycles. The maximum atomic E-state index is 12.0. The quantitative estimate of drug-likeness (QED) is 0.276. The van der Waals surface area contributed by atoms with Gasteiger partial charge in [-0.1, -0.05) is 17.7 Å². The van der Waals surface area contributed by atoms with Crippen LogP contribution in [0.25, 0.3) is 11.8 Å². The molecule has 132 valence electrons. The van der Waals surface area contributed by atoms with Crippen LogP contribution >= 0.6 is 0 Å². The van der Waals surface area contributed by atoms with Gasteiger partial charge in [-0.25, -0.2) is 14.4 Å². The van der Waals surface area contributed by atoms with Crippen molar-refractivity contribution in [1.29, 1.82) is 0 Å². The van der Waals surface area contributed by atoms with Gasteiger partial charge in [0.05, 0.1) is 13.2 Å². The average molecular weight is 347 g/mol. The lowest BCUT2D eigenvalue weighted by atomic mass is 10.2. The average Bonchev–Trinajstić information content (AvgIpc) is 2.94. The van der Waals surface area contributed by atoms with Crippen molar-refractivity contribution in [3.63, 3.8) is 0 Å². The van der Waals surface area contributed by atoms with Crippen LogP contribution in [0, 0.1) is 6.92 Å². The van der Waals surface area contributed by atoms with E-state index in [1.165, 1.54) is 4.68 Å². The summed E-state index contributed by atoms with van der Waals surface area (Å²) in [4.78, 5) is 36.1. The Bertz CT molecular complexity index is 825. The molecule has 0 saturated heterocycles. The number of rotatable bonds is 6. The van der Waals surface area contributed by atoms with Crippen molar-refractivity contribution in [3.8, 4) is 5.69 Å². The Balaban J connectivity index is 2.54. The smallest absolute Gasteiger partial charge is 0.435 e. The van der Waals surface area contributed by atoms with Gasteiger partial charge in [0.2, 0.25) is 5.69 Å². The van der Waals surface area contributed by atoms with Crippen molar-refractivity contribution < 1.29 is 28.3 Å². The van der Waals surface area contributed by atoms with E-state index >= 15 is 0 Å². The number of ether oxygens (including phenoxy) is 2. The van der Waals surface area contributed by atoms with E-state index in [1.807, 2.05) is 19.1 Å². The first kappa shape index (κ1) is 18.2. The fourth-order valence-corrected chi connectivity index (χ4v) is 2.04. The zero-order valence-corrected chi connectivity index (χ0v) is 14.2. The van der Waals surface area contributed by atoms with Gasteiger partial charge in [-0.2, -0.15) is 0 Å². The van der Waals surface area contributed by atoms with Crippen LogP contribution in [0.4, 0.5) is 0 Å². The summed E-state index contributed by atoms with van der Waals surface area (Å²) >= 11 is 0. The number of esters is 2. The number of nitrogens with one attached hydrogen (secondary N) is 1. The highest BCUT2D eigenvalue weighted by Crippen LogP contribution is 2.08. The minimum absolute atomic E-state index is 0.0417. The first-order chi connectivity index (χ1) is 12.0. The van der Waals surface area contributed by atoms with Crippen LogP contribution in [0.2, 0.25) is 0 Å². The molecule has 0 radical (unpaired) electrons. The lowest BCUT2D eigenvalue weighted by Gasteiger charge is -2.05. The summed E-state index contributed by atoms with van der Waals surface area (Å²) in [5.74, 6) is -1.76. The summed E-state index contributed by atoms with van der Waals surface area (Å²) in [5.41, 5.74) is 0.448. The molecule has 25 heavy (non-hydrogen) atoms. The summed E-state index contributed by atoms with van der Waals surface area (Å²) in [6.07, 6.45) is 1.10. The SMILES string of the molecule is CCOC(=O)C(=Cc1c(=O)o[nH][n+]1-c1ccc(C)cc1)C(=O)OCC. The molecule has 0 fully saturated rings. The van der Waals surface area contributed by atoms with Crippen LogP contribution < -0.4 is 10.3 Å². The molecule has 0 atom stereocenters. The molecule has 8 heteroatoms. The molecule has 0 spiro atoms. The topological polar surface area (TPSA) is 102 Å². The molecule has 0 bridgehead atoms. The molecular formula is C17H19N2O6+. The van der Waals surface area contributed by atoms with Crippen LogP contribution in [0.5, 0.6) is 0 Å². The van der Waals surface area contributed by atoms with E-state index in [4.69, 9.17) is 14.0 Å². The third-order valence-corrected chi connectivity index (χ3v) is 3.24. The fourth-order valence-electron chi connectivity index (χ4n) is 2.04. The second-order valence-electron chi connectivity index (χ2n) is 5.04. The molecule has 2 aromatic rings. The van der Waals surface area contributed by atoms with Crippen LogP contribution in [0.15, 0.2) is 39.2 Å². The highest BCUT2D eigenvalue weighted by Gasteiger charge is 2.28. The fraction of sp³-hybridized carbons (Fsp3) is 0.294. The largest absolute Gasteiger partial charge is 0.462 e. The molecule has 0 aliphatic rings.